The minimum Gasteiger partial charge on any atom is -0.339 e. The van der Waals surface area contributed by atoms with Crippen LogP contribution in [0.3, 0.4) is 0 Å². The highest BCUT2D eigenvalue weighted by Crippen LogP contribution is 2.29. The second-order valence-electron chi connectivity index (χ2n) is 8.01. The molecular weight excluding hydrogens is 288 g/mol. The number of rotatable bonds is 4. The third-order valence-corrected chi connectivity index (χ3v) is 6.39. The molecule has 23 heavy (non-hydrogen) atoms. The van der Waals surface area contributed by atoms with Gasteiger partial charge in [-0.2, -0.15) is 0 Å². The summed E-state index contributed by atoms with van der Waals surface area (Å²) in [4.78, 5) is 19.8. The van der Waals surface area contributed by atoms with Crippen molar-refractivity contribution in [2.45, 2.75) is 70.0 Å². The summed E-state index contributed by atoms with van der Waals surface area (Å²) in [7, 11) is 0. The fraction of sp³-hybridized carbons (Fsp3) is 0.944. The summed E-state index contributed by atoms with van der Waals surface area (Å²) >= 11 is 0. The summed E-state index contributed by atoms with van der Waals surface area (Å²) in [6, 6.07) is 1.46. The molecule has 132 valence electrons. The van der Waals surface area contributed by atoms with Crippen molar-refractivity contribution in [3.05, 3.63) is 0 Å². The molecule has 0 aromatic heterocycles. The Bertz CT molecular complexity index is 403. The van der Waals surface area contributed by atoms with E-state index < -0.39 is 5.54 Å². The van der Waals surface area contributed by atoms with E-state index in [9.17, 15) is 4.79 Å². The van der Waals surface area contributed by atoms with Gasteiger partial charge in [-0.05, 0) is 39.5 Å². The number of amides is 1. The highest BCUT2D eigenvalue weighted by Gasteiger charge is 2.40. The van der Waals surface area contributed by atoms with Gasteiger partial charge in [-0.15, -0.1) is 0 Å². The Labute approximate surface area is 141 Å². The Hall–Kier alpha value is -0.650. The maximum Gasteiger partial charge on any atom is 0.242 e. The number of hydrogen-bond donors (Lipinski definition) is 1. The molecule has 2 heterocycles. The predicted molar refractivity (Wildman–Crippen MR) is 93.3 cm³/mol. The number of piperazine rings is 1. The molecule has 5 heteroatoms. The molecule has 0 bridgehead atoms. The number of likely N-dealkylation sites (tertiary alicyclic amines) is 1. The van der Waals surface area contributed by atoms with Crippen LogP contribution in [-0.2, 0) is 4.79 Å². The molecule has 3 rings (SSSR count). The maximum absolute atomic E-state index is 12.7. The molecule has 0 aromatic carbocycles. The molecule has 1 amide bonds. The Kier molecular flexibility index (Phi) is 5.29. The number of carbonyl (C=O) groups excluding carboxylic acids is 1. The molecule has 2 aliphatic heterocycles. The first-order chi connectivity index (χ1) is 11.0. The van der Waals surface area contributed by atoms with Gasteiger partial charge in [0.25, 0.3) is 0 Å². The zero-order valence-electron chi connectivity index (χ0n) is 15.0. The van der Waals surface area contributed by atoms with Gasteiger partial charge < -0.3 is 10.6 Å². The summed E-state index contributed by atoms with van der Waals surface area (Å²) in [6.07, 6.45) is 6.63. The van der Waals surface area contributed by atoms with Crippen LogP contribution >= 0.6 is 0 Å². The molecule has 2 N–H and O–H groups in total. The first-order valence-corrected chi connectivity index (χ1v) is 9.56. The minimum absolute atomic E-state index is 0.205. The van der Waals surface area contributed by atoms with Gasteiger partial charge in [0.2, 0.25) is 5.91 Å². The third kappa shape index (κ3) is 3.72. The Morgan fingerprint density at radius 3 is 2.13 bits per heavy atom. The van der Waals surface area contributed by atoms with E-state index in [4.69, 9.17) is 5.73 Å². The van der Waals surface area contributed by atoms with E-state index in [1.165, 1.54) is 12.8 Å². The van der Waals surface area contributed by atoms with Crippen molar-refractivity contribution in [3.63, 3.8) is 0 Å². The molecule has 2 saturated heterocycles. The lowest BCUT2D eigenvalue weighted by atomic mass is 9.97. The molecular formula is C18H34N4O. The number of nitrogens with two attached hydrogens (primary N) is 1. The SMILES string of the molecule is CC1CCC(C)N1CCN1CCN(C(=O)C2(N)CCCC2)CC1. The summed E-state index contributed by atoms with van der Waals surface area (Å²) in [6.45, 7) is 10.7. The normalized spacial score (nSPS) is 32.6. The van der Waals surface area contributed by atoms with Crippen LogP contribution in [0.5, 0.6) is 0 Å². The molecule has 1 aliphatic carbocycles. The molecule has 0 spiro atoms. The fourth-order valence-corrected chi connectivity index (χ4v) is 4.66. The lowest BCUT2D eigenvalue weighted by molar-refractivity contribution is -0.138. The van der Waals surface area contributed by atoms with Gasteiger partial charge in [0, 0.05) is 51.4 Å². The van der Waals surface area contributed by atoms with Crippen molar-refractivity contribution in [3.8, 4) is 0 Å². The van der Waals surface area contributed by atoms with Gasteiger partial charge in [-0.3, -0.25) is 14.6 Å². The van der Waals surface area contributed by atoms with E-state index in [0.29, 0.717) is 0 Å². The monoisotopic (exact) mass is 322 g/mol. The van der Waals surface area contributed by atoms with Crippen molar-refractivity contribution < 1.29 is 4.79 Å². The number of nitrogens with zero attached hydrogens (tertiary/aromatic N) is 3. The molecule has 0 aromatic rings. The van der Waals surface area contributed by atoms with Gasteiger partial charge in [-0.1, -0.05) is 12.8 Å². The van der Waals surface area contributed by atoms with Gasteiger partial charge in [-0.25, -0.2) is 0 Å². The van der Waals surface area contributed by atoms with Crippen molar-refractivity contribution in [2.75, 3.05) is 39.3 Å². The standard InChI is InChI=1S/C18H34N4O/c1-15-5-6-16(2)22(15)14-11-20-9-12-21(13-10-20)17(23)18(19)7-3-4-8-18/h15-16H,3-14,19H2,1-2H3. The van der Waals surface area contributed by atoms with Crippen LogP contribution in [0.2, 0.25) is 0 Å². The average molecular weight is 322 g/mol. The second-order valence-corrected chi connectivity index (χ2v) is 8.01. The van der Waals surface area contributed by atoms with Crippen molar-refractivity contribution >= 4 is 5.91 Å². The summed E-state index contributed by atoms with van der Waals surface area (Å²) < 4.78 is 0. The van der Waals surface area contributed by atoms with Crippen molar-refractivity contribution in [2.24, 2.45) is 5.73 Å². The van der Waals surface area contributed by atoms with E-state index >= 15 is 0 Å². The van der Waals surface area contributed by atoms with Crippen LogP contribution in [0.25, 0.3) is 0 Å². The van der Waals surface area contributed by atoms with Crippen LogP contribution in [0.1, 0.15) is 52.4 Å². The molecule has 3 fully saturated rings. The molecule has 5 nitrogen and oxygen atoms in total. The summed E-state index contributed by atoms with van der Waals surface area (Å²) in [5.74, 6) is 0.205. The zero-order valence-corrected chi connectivity index (χ0v) is 15.0. The van der Waals surface area contributed by atoms with Gasteiger partial charge in [0.1, 0.15) is 0 Å². The minimum atomic E-state index is -0.553. The van der Waals surface area contributed by atoms with E-state index in [1.54, 1.807) is 0 Å². The zero-order chi connectivity index (χ0) is 16.4. The molecule has 0 radical (unpaired) electrons. The van der Waals surface area contributed by atoms with E-state index in [2.05, 4.69) is 23.6 Å². The molecule has 2 unspecified atom stereocenters. The molecule has 2 atom stereocenters. The predicted octanol–water partition coefficient (Wildman–Crippen LogP) is 1.27. The first kappa shape index (κ1) is 17.2. The molecule has 1 saturated carbocycles. The lowest BCUT2D eigenvalue weighted by Gasteiger charge is -2.39. The Morgan fingerprint density at radius 1 is 1.00 bits per heavy atom. The van der Waals surface area contributed by atoms with Crippen LogP contribution < -0.4 is 5.73 Å². The fourth-order valence-electron chi connectivity index (χ4n) is 4.66. The van der Waals surface area contributed by atoms with Crippen LogP contribution in [-0.4, -0.2) is 77.5 Å². The maximum atomic E-state index is 12.7. The summed E-state index contributed by atoms with van der Waals surface area (Å²) in [5, 5.41) is 0. The average Bonchev–Trinajstić information content (AvgIpc) is 3.13. The Balaban J connectivity index is 1.42. The van der Waals surface area contributed by atoms with E-state index in [0.717, 1.165) is 77.0 Å². The van der Waals surface area contributed by atoms with Gasteiger partial charge in [0.15, 0.2) is 0 Å². The van der Waals surface area contributed by atoms with Crippen LogP contribution in [0, 0.1) is 0 Å². The largest absolute Gasteiger partial charge is 0.339 e. The highest BCUT2D eigenvalue weighted by molar-refractivity contribution is 5.86. The number of carbonyl (C=O) groups is 1. The van der Waals surface area contributed by atoms with E-state index in [-0.39, 0.29) is 5.91 Å². The smallest absolute Gasteiger partial charge is 0.242 e. The van der Waals surface area contributed by atoms with Crippen LogP contribution in [0.4, 0.5) is 0 Å². The third-order valence-electron chi connectivity index (χ3n) is 6.39. The first-order valence-electron chi connectivity index (χ1n) is 9.56. The van der Waals surface area contributed by atoms with Crippen molar-refractivity contribution in [1.29, 1.82) is 0 Å². The second kappa shape index (κ2) is 7.08. The van der Waals surface area contributed by atoms with Gasteiger partial charge in [0.05, 0.1) is 5.54 Å². The van der Waals surface area contributed by atoms with Crippen LogP contribution in [0.15, 0.2) is 0 Å². The summed E-state index contributed by atoms with van der Waals surface area (Å²) in [5.41, 5.74) is 5.78. The lowest BCUT2D eigenvalue weighted by Crippen LogP contribution is -2.58. The quantitative estimate of drug-likeness (QED) is 0.847. The highest BCUT2D eigenvalue weighted by atomic mass is 16.2. The number of hydrogen-bond acceptors (Lipinski definition) is 4. The van der Waals surface area contributed by atoms with Gasteiger partial charge >= 0.3 is 0 Å². The van der Waals surface area contributed by atoms with E-state index in [1.807, 2.05) is 4.90 Å². The van der Waals surface area contributed by atoms with Crippen molar-refractivity contribution in [1.82, 2.24) is 14.7 Å². The Morgan fingerprint density at radius 2 is 1.57 bits per heavy atom. The topological polar surface area (TPSA) is 52.8 Å². The molecule has 3 aliphatic rings.